The lowest BCUT2D eigenvalue weighted by atomic mass is 10.1. The number of hydrogen-bond donors (Lipinski definition) is 2. The zero-order chi connectivity index (χ0) is 19.7. The summed E-state index contributed by atoms with van der Waals surface area (Å²) in [6.45, 7) is 6.31. The first kappa shape index (κ1) is 18.8. The lowest BCUT2D eigenvalue weighted by molar-refractivity contribution is 0.0997. The van der Waals surface area contributed by atoms with E-state index in [2.05, 4.69) is 15.3 Å². The van der Waals surface area contributed by atoms with Crippen molar-refractivity contribution in [2.75, 3.05) is 12.4 Å². The maximum absolute atomic E-state index is 12.7. The smallest absolute Gasteiger partial charge is 0.269 e. The van der Waals surface area contributed by atoms with Gasteiger partial charge in [-0.05, 0) is 32.4 Å². The van der Waals surface area contributed by atoms with Crippen LogP contribution in [0.15, 0.2) is 12.1 Å². The molecule has 142 valence electrons. The molecule has 0 aliphatic carbocycles. The van der Waals surface area contributed by atoms with E-state index in [1.165, 1.54) is 18.4 Å². The second kappa shape index (κ2) is 7.36. The highest BCUT2D eigenvalue weighted by molar-refractivity contribution is 7.13. The lowest BCUT2D eigenvalue weighted by Gasteiger charge is -2.11. The molecule has 0 atom stereocenters. The van der Waals surface area contributed by atoms with Gasteiger partial charge in [0.25, 0.3) is 5.91 Å². The molecule has 8 nitrogen and oxygen atoms in total. The first-order valence-electron chi connectivity index (χ1n) is 8.49. The highest BCUT2D eigenvalue weighted by Crippen LogP contribution is 2.31. The number of nitrogens with zero attached hydrogens (tertiary/aromatic N) is 3. The topological polar surface area (TPSA) is 112 Å². The number of ether oxygens (including phenoxy) is 1. The maximum atomic E-state index is 12.7. The Labute approximate surface area is 160 Å². The molecule has 0 aliphatic rings. The average Bonchev–Trinajstić information content (AvgIpc) is 3.13. The highest BCUT2D eigenvalue weighted by Gasteiger charge is 2.21. The third-order valence-electron chi connectivity index (χ3n) is 4.09. The van der Waals surface area contributed by atoms with E-state index >= 15 is 0 Å². The minimum atomic E-state index is -0.568. The Morgan fingerprint density at radius 3 is 2.59 bits per heavy atom. The molecular weight excluding hydrogens is 366 g/mol. The first-order chi connectivity index (χ1) is 12.8. The quantitative estimate of drug-likeness (QED) is 0.675. The van der Waals surface area contributed by atoms with Gasteiger partial charge in [-0.15, -0.1) is 11.3 Å². The molecule has 2 amide bonds. The number of carbonyl (C=O) groups is 2. The summed E-state index contributed by atoms with van der Waals surface area (Å²) in [7, 11) is 1.52. The number of hydrogen-bond acceptors (Lipinski definition) is 6. The zero-order valence-electron chi connectivity index (χ0n) is 15.6. The van der Waals surface area contributed by atoms with E-state index in [0.717, 1.165) is 11.4 Å². The number of rotatable bonds is 6. The van der Waals surface area contributed by atoms with E-state index in [9.17, 15) is 9.59 Å². The molecule has 0 aliphatic heterocycles. The molecule has 3 N–H and O–H groups in total. The number of thiazole rings is 1. The van der Waals surface area contributed by atoms with Crippen molar-refractivity contribution >= 4 is 40.1 Å². The van der Waals surface area contributed by atoms with Crippen molar-refractivity contribution in [1.29, 1.82) is 0 Å². The second-order valence-corrected chi connectivity index (χ2v) is 7.30. The van der Waals surface area contributed by atoms with E-state index < -0.39 is 5.91 Å². The van der Waals surface area contributed by atoms with Gasteiger partial charge < -0.3 is 15.0 Å². The normalized spacial score (nSPS) is 11.0. The summed E-state index contributed by atoms with van der Waals surface area (Å²) >= 11 is 1.34. The molecule has 0 saturated heterocycles. The van der Waals surface area contributed by atoms with Crippen LogP contribution in [0.4, 0.5) is 5.95 Å². The third-order valence-corrected chi connectivity index (χ3v) is 5.17. The van der Waals surface area contributed by atoms with Crippen molar-refractivity contribution in [2.24, 2.45) is 5.73 Å². The molecule has 1 aromatic carbocycles. The van der Waals surface area contributed by atoms with Crippen molar-refractivity contribution in [3.63, 3.8) is 0 Å². The molecule has 0 radical (unpaired) electrons. The fourth-order valence-electron chi connectivity index (χ4n) is 2.96. The number of primary amides is 1. The van der Waals surface area contributed by atoms with Crippen LogP contribution in [0, 0.1) is 13.8 Å². The Bertz CT molecular complexity index is 1040. The fourth-order valence-corrected chi connectivity index (χ4v) is 3.78. The monoisotopic (exact) mass is 387 g/mol. The van der Waals surface area contributed by atoms with Crippen LogP contribution in [0.25, 0.3) is 11.0 Å². The summed E-state index contributed by atoms with van der Waals surface area (Å²) in [6.07, 6.45) is 0.827. The molecule has 0 spiro atoms. The number of aromatic nitrogens is 3. The van der Waals surface area contributed by atoms with Gasteiger partial charge in [-0.3, -0.25) is 14.9 Å². The highest BCUT2D eigenvalue weighted by atomic mass is 32.1. The molecule has 2 aromatic heterocycles. The Morgan fingerprint density at radius 2 is 2.04 bits per heavy atom. The van der Waals surface area contributed by atoms with Gasteiger partial charge in [0.05, 0.1) is 23.3 Å². The summed E-state index contributed by atoms with van der Waals surface area (Å²) in [5.74, 6) is 0.0382. The summed E-state index contributed by atoms with van der Waals surface area (Å²) in [5.41, 5.74) is 7.62. The van der Waals surface area contributed by atoms with Crippen LogP contribution in [-0.2, 0) is 6.54 Å². The maximum Gasteiger partial charge on any atom is 0.269 e. The zero-order valence-corrected chi connectivity index (χ0v) is 16.4. The van der Waals surface area contributed by atoms with E-state index in [1.807, 2.05) is 18.4 Å². The number of nitrogens with one attached hydrogen (secondary N) is 1. The van der Waals surface area contributed by atoms with Gasteiger partial charge in [0.2, 0.25) is 11.9 Å². The number of benzene rings is 1. The summed E-state index contributed by atoms with van der Waals surface area (Å²) in [4.78, 5) is 33.7. The third kappa shape index (κ3) is 3.50. The van der Waals surface area contributed by atoms with Crippen molar-refractivity contribution in [1.82, 2.24) is 14.5 Å². The number of carbonyl (C=O) groups excluding carboxylic acids is 2. The van der Waals surface area contributed by atoms with Crippen molar-refractivity contribution in [3.05, 3.63) is 33.3 Å². The van der Waals surface area contributed by atoms with E-state index in [1.54, 1.807) is 19.1 Å². The first-order valence-corrected chi connectivity index (χ1v) is 9.30. The van der Waals surface area contributed by atoms with Crippen LogP contribution < -0.4 is 15.8 Å². The molecule has 0 unspecified atom stereocenters. The number of aryl methyl sites for hydroxylation is 3. The predicted octanol–water partition coefficient (Wildman–Crippen LogP) is 2.88. The van der Waals surface area contributed by atoms with Gasteiger partial charge in [-0.2, -0.15) is 0 Å². The number of anilines is 1. The Hall–Kier alpha value is -2.94. The Balaban J connectivity index is 2.11. The number of fused-ring (bicyclic) bond motifs is 1. The van der Waals surface area contributed by atoms with Crippen LogP contribution in [0.1, 0.15) is 44.1 Å². The van der Waals surface area contributed by atoms with Gasteiger partial charge in [0, 0.05) is 12.1 Å². The summed E-state index contributed by atoms with van der Waals surface area (Å²) in [5, 5.41) is 3.69. The molecule has 3 aromatic rings. The molecule has 27 heavy (non-hydrogen) atoms. The second-order valence-electron chi connectivity index (χ2n) is 6.10. The minimum Gasteiger partial charge on any atom is -0.494 e. The molecule has 3 rings (SSSR count). The van der Waals surface area contributed by atoms with Crippen molar-refractivity contribution < 1.29 is 14.3 Å². The van der Waals surface area contributed by atoms with Gasteiger partial charge in [-0.1, -0.05) is 6.92 Å². The van der Waals surface area contributed by atoms with Crippen LogP contribution in [-0.4, -0.2) is 33.5 Å². The van der Waals surface area contributed by atoms with E-state index in [4.69, 9.17) is 10.5 Å². The Morgan fingerprint density at radius 1 is 1.30 bits per heavy atom. The lowest BCUT2D eigenvalue weighted by Crippen LogP contribution is -2.16. The van der Waals surface area contributed by atoms with Crippen LogP contribution >= 0.6 is 11.3 Å². The standard InChI is InChI=1S/C18H21N5O3S/c1-5-6-23-14-12(7-11(16(19)24)8-13(14)26-4)21-18(23)22-17(25)15-9(2)20-10(3)27-15/h7-8H,5-6H2,1-4H3,(H2,19,24)(H,21,22,25). The van der Waals surface area contributed by atoms with Gasteiger partial charge >= 0.3 is 0 Å². The number of methoxy groups -OCH3 is 1. The molecule has 2 heterocycles. The van der Waals surface area contributed by atoms with Gasteiger partial charge in [0.15, 0.2) is 0 Å². The largest absolute Gasteiger partial charge is 0.494 e. The summed E-state index contributed by atoms with van der Waals surface area (Å²) in [6, 6.07) is 3.19. The van der Waals surface area contributed by atoms with Crippen LogP contribution in [0.5, 0.6) is 5.75 Å². The minimum absolute atomic E-state index is 0.264. The van der Waals surface area contributed by atoms with Gasteiger partial charge in [-0.25, -0.2) is 9.97 Å². The predicted molar refractivity (Wildman–Crippen MR) is 105 cm³/mol. The van der Waals surface area contributed by atoms with Gasteiger partial charge in [0.1, 0.15) is 16.1 Å². The van der Waals surface area contributed by atoms with Crippen LogP contribution in [0.2, 0.25) is 0 Å². The number of nitrogens with two attached hydrogens (primary N) is 1. The number of amides is 2. The SMILES string of the molecule is CCCn1c(NC(=O)c2sc(C)nc2C)nc2cc(C(N)=O)cc(OC)c21. The van der Waals surface area contributed by atoms with Crippen molar-refractivity contribution in [3.8, 4) is 5.75 Å². The van der Waals surface area contributed by atoms with Crippen molar-refractivity contribution in [2.45, 2.75) is 33.7 Å². The molecule has 0 saturated carbocycles. The summed E-state index contributed by atoms with van der Waals surface area (Å²) < 4.78 is 7.32. The molecule has 9 heteroatoms. The Kier molecular flexibility index (Phi) is 5.13. The van der Waals surface area contributed by atoms with E-state index in [0.29, 0.717) is 45.4 Å². The average molecular weight is 387 g/mol. The molecule has 0 fully saturated rings. The molecule has 0 bridgehead atoms. The fraction of sp³-hybridized carbons (Fsp3) is 0.333. The number of imidazole rings is 1. The van der Waals surface area contributed by atoms with Crippen LogP contribution in [0.3, 0.4) is 0 Å². The molecular formula is C18H21N5O3S. The van der Waals surface area contributed by atoms with E-state index in [-0.39, 0.29) is 5.91 Å².